The van der Waals surface area contributed by atoms with Crippen molar-refractivity contribution in [3.8, 4) is 0 Å². The van der Waals surface area contributed by atoms with E-state index in [0.29, 0.717) is 5.41 Å². The van der Waals surface area contributed by atoms with Crippen LogP contribution in [0.4, 0.5) is 0 Å². The van der Waals surface area contributed by atoms with E-state index in [1.807, 2.05) is 0 Å². The summed E-state index contributed by atoms with van der Waals surface area (Å²) in [6.45, 7) is 5.82. The van der Waals surface area contributed by atoms with Gasteiger partial charge in [-0.1, -0.05) is 18.6 Å². The molecule has 0 bridgehead atoms. The first-order valence-electron chi connectivity index (χ1n) is 5.79. The lowest BCUT2D eigenvalue weighted by Gasteiger charge is -2.42. The molecule has 2 aliphatic rings. The standard InChI is InChI=1S/C12H22N2/c1-12(8-13-10-14(2)9-12)11-6-4-3-5-7-11/h6,13H,3-5,7-10H2,1-2H3. The summed E-state index contributed by atoms with van der Waals surface area (Å²) < 4.78 is 0. The SMILES string of the molecule is CN1CNCC(C)(C2=CCCCC2)C1. The summed E-state index contributed by atoms with van der Waals surface area (Å²) in [7, 11) is 2.20. The predicted molar refractivity (Wildman–Crippen MR) is 60.2 cm³/mol. The summed E-state index contributed by atoms with van der Waals surface area (Å²) in [6, 6.07) is 0. The van der Waals surface area contributed by atoms with Crippen molar-refractivity contribution < 1.29 is 0 Å². The maximum Gasteiger partial charge on any atom is 0.0478 e. The summed E-state index contributed by atoms with van der Waals surface area (Å²) in [4.78, 5) is 2.39. The zero-order valence-corrected chi connectivity index (χ0v) is 9.47. The van der Waals surface area contributed by atoms with Crippen LogP contribution in [0.2, 0.25) is 0 Å². The van der Waals surface area contributed by atoms with Crippen LogP contribution in [0.1, 0.15) is 32.6 Å². The third-order valence-corrected chi connectivity index (χ3v) is 3.58. The molecule has 1 heterocycles. The molecule has 1 saturated heterocycles. The molecule has 1 aliphatic carbocycles. The van der Waals surface area contributed by atoms with Crippen LogP contribution >= 0.6 is 0 Å². The zero-order chi connectivity index (χ0) is 10.0. The second kappa shape index (κ2) is 4.03. The molecule has 80 valence electrons. The largest absolute Gasteiger partial charge is 0.303 e. The molecule has 0 aromatic heterocycles. The van der Waals surface area contributed by atoms with Gasteiger partial charge in [-0.15, -0.1) is 0 Å². The van der Waals surface area contributed by atoms with E-state index in [1.165, 1.54) is 32.2 Å². The third-order valence-electron chi connectivity index (χ3n) is 3.58. The van der Waals surface area contributed by atoms with Crippen molar-refractivity contribution in [3.05, 3.63) is 11.6 Å². The van der Waals surface area contributed by atoms with Crippen LogP contribution in [0.3, 0.4) is 0 Å². The van der Waals surface area contributed by atoms with E-state index in [1.54, 1.807) is 5.57 Å². The molecule has 1 N–H and O–H groups in total. The fourth-order valence-electron chi connectivity index (χ4n) is 2.83. The Balaban J connectivity index is 2.09. The number of allylic oxidation sites excluding steroid dienone is 1. The topological polar surface area (TPSA) is 15.3 Å². The van der Waals surface area contributed by atoms with E-state index in [9.17, 15) is 0 Å². The Morgan fingerprint density at radius 1 is 1.43 bits per heavy atom. The average molecular weight is 194 g/mol. The van der Waals surface area contributed by atoms with Gasteiger partial charge in [0.05, 0.1) is 0 Å². The van der Waals surface area contributed by atoms with Crippen molar-refractivity contribution in [1.82, 2.24) is 10.2 Å². The lowest BCUT2D eigenvalue weighted by molar-refractivity contribution is 0.149. The van der Waals surface area contributed by atoms with Gasteiger partial charge in [0.1, 0.15) is 0 Å². The number of hydrogen-bond acceptors (Lipinski definition) is 2. The van der Waals surface area contributed by atoms with Gasteiger partial charge < -0.3 is 5.32 Å². The van der Waals surface area contributed by atoms with Crippen LogP contribution in [-0.4, -0.2) is 31.7 Å². The summed E-state index contributed by atoms with van der Waals surface area (Å²) in [5.41, 5.74) is 2.09. The second-order valence-corrected chi connectivity index (χ2v) is 5.13. The molecule has 0 spiro atoms. The van der Waals surface area contributed by atoms with Gasteiger partial charge in [0.2, 0.25) is 0 Å². The Kier molecular flexibility index (Phi) is 2.93. The number of nitrogens with zero attached hydrogens (tertiary/aromatic N) is 1. The van der Waals surface area contributed by atoms with E-state index >= 15 is 0 Å². The van der Waals surface area contributed by atoms with Crippen LogP contribution in [-0.2, 0) is 0 Å². The molecular weight excluding hydrogens is 172 g/mol. The Labute approximate surface area is 87.4 Å². The van der Waals surface area contributed by atoms with Gasteiger partial charge in [-0.05, 0) is 32.7 Å². The number of nitrogens with one attached hydrogen (secondary N) is 1. The molecule has 2 heteroatoms. The van der Waals surface area contributed by atoms with Crippen molar-refractivity contribution in [2.45, 2.75) is 32.6 Å². The smallest absolute Gasteiger partial charge is 0.0478 e. The van der Waals surface area contributed by atoms with Gasteiger partial charge in [-0.2, -0.15) is 0 Å². The summed E-state index contributed by atoms with van der Waals surface area (Å²) >= 11 is 0. The maximum absolute atomic E-state index is 3.51. The van der Waals surface area contributed by atoms with Gasteiger partial charge in [0.15, 0.2) is 0 Å². The van der Waals surface area contributed by atoms with Crippen LogP contribution < -0.4 is 5.32 Å². The lowest BCUT2D eigenvalue weighted by atomic mass is 9.76. The molecule has 14 heavy (non-hydrogen) atoms. The fourth-order valence-corrected chi connectivity index (χ4v) is 2.83. The van der Waals surface area contributed by atoms with Gasteiger partial charge in [0, 0.05) is 25.2 Å². The predicted octanol–water partition coefficient (Wildman–Crippen LogP) is 1.99. The normalized spacial score (nSPS) is 35.4. The molecule has 1 fully saturated rings. The molecule has 0 saturated carbocycles. The van der Waals surface area contributed by atoms with Crippen molar-refractivity contribution in [3.63, 3.8) is 0 Å². The molecule has 1 aliphatic heterocycles. The lowest BCUT2D eigenvalue weighted by Crippen LogP contribution is -2.51. The highest BCUT2D eigenvalue weighted by atomic mass is 15.2. The number of hydrogen-bond donors (Lipinski definition) is 1. The minimum Gasteiger partial charge on any atom is -0.303 e. The van der Waals surface area contributed by atoms with E-state index < -0.39 is 0 Å². The molecule has 0 radical (unpaired) electrons. The van der Waals surface area contributed by atoms with E-state index in [2.05, 4.69) is 30.3 Å². The minimum absolute atomic E-state index is 0.396. The van der Waals surface area contributed by atoms with Crippen LogP contribution in [0.5, 0.6) is 0 Å². The van der Waals surface area contributed by atoms with Crippen LogP contribution in [0, 0.1) is 5.41 Å². The first-order valence-corrected chi connectivity index (χ1v) is 5.79. The molecule has 2 rings (SSSR count). The number of rotatable bonds is 1. The van der Waals surface area contributed by atoms with E-state index in [4.69, 9.17) is 0 Å². The third kappa shape index (κ3) is 2.01. The highest BCUT2D eigenvalue weighted by Gasteiger charge is 2.33. The van der Waals surface area contributed by atoms with Crippen LogP contribution in [0.15, 0.2) is 11.6 Å². The summed E-state index contributed by atoms with van der Waals surface area (Å²) in [6.07, 6.45) is 7.90. The van der Waals surface area contributed by atoms with Gasteiger partial charge in [-0.3, -0.25) is 4.90 Å². The first kappa shape index (κ1) is 10.2. The molecule has 2 nitrogen and oxygen atoms in total. The molecule has 1 atom stereocenters. The Morgan fingerprint density at radius 3 is 2.93 bits per heavy atom. The van der Waals surface area contributed by atoms with Crippen molar-refractivity contribution in [1.29, 1.82) is 0 Å². The van der Waals surface area contributed by atoms with Crippen molar-refractivity contribution in [2.24, 2.45) is 5.41 Å². The Bertz CT molecular complexity index is 234. The van der Waals surface area contributed by atoms with Crippen molar-refractivity contribution >= 4 is 0 Å². The molecular formula is C12H22N2. The molecule has 0 amide bonds. The van der Waals surface area contributed by atoms with Gasteiger partial charge in [0.25, 0.3) is 0 Å². The quantitative estimate of drug-likeness (QED) is 0.642. The monoisotopic (exact) mass is 194 g/mol. The highest BCUT2D eigenvalue weighted by molar-refractivity contribution is 5.18. The molecule has 0 aromatic rings. The Hall–Kier alpha value is -0.340. The molecule has 0 aromatic carbocycles. The van der Waals surface area contributed by atoms with Gasteiger partial charge in [-0.25, -0.2) is 0 Å². The minimum atomic E-state index is 0.396. The van der Waals surface area contributed by atoms with Crippen LogP contribution in [0.25, 0.3) is 0 Å². The van der Waals surface area contributed by atoms with Gasteiger partial charge >= 0.3 is 0 Å². The maximum atomic E-state index is 3.51. The second-order valence-electron chi connectivity index (χ2n) is 5.13. The highest BCUT2D eigenvalue weighted by Crippen LogP contribution is 2.35. The first-order chi connectivity index (χ1) is 6.71. The van der Waals surface area contributed by atoms with Crippen molar-refractivity contribution in [2.75, 3.05) is 26.8 Å². The summed E-state index contributed by atoms with van der Waals surface area (Å²) in [5, 5.41) is 3.51. The zero-order valence-electron chi connectivity index (χ0n) is 9.47. The summed E-state index contributed by atoms with van der Waals surface area (Å²) in [5.74, 6) is 0. The van der Waals surface area contributed by atoms with E-state index in [-0.39, 0.29) is 0 Å². The fraction of sp³-hybridized carbons (Fsp3) is 0.833. The average Bonchev–Trinajstić information content (AvgIpc) is 2.19. The Morgan fingerprint density at radius 2 is 2.29 bits per heavy atom. The van der Waals surface area contributed by atoms with E-state index in [0.717, 1.165) is 13.2 Å². The molecule has 1 unspecified atom stereocenters.